The molecule has 1 N–H and O–H groups in total. The summed E-state index contributed by atoms with van der Waals surface area (Å²) < 4.78 is 6.85. The molecule has 3 rings (SSSR count). The van der Waals surface area contributed by atoms with Gasteiger partial charge in [0, 0.05) is 32.3 Å². The zero-order chi connectivity index (χ0) is 14.7. The number of aliphatic hydroxyl groups excluding tert-OH is 1. The molecule has 1 atom stereocenters. The van der Waals surface area contributed by atoms with Crippen molar-refractivity contribution < 1.29 is 9.84 Å². The number of benzene rings is 1. The largest absolute Gasteiger partial charge is 0.389 e. The van der Waals surface area contributed by atoms with Gasteiger partial charge in [0.15, 0.2) is 0 Å². The highest BCUT2D eigenvalue weighted by atomic mass is 16.5. The molecular formula is C15H20N4O2. The third-order valence-corrected chi connectivity index (χ3v) is 3.72. The molecule has 0 bridgehead atoms. The lowest BCUT2D eigenvalue weighted by Gasteiger charge is -2.39. The molecule has 6 nitrogen and oxygen atoms in total. The fourth-order valence-corrected chi connectivity index (χ4v) is 2.60. The monoisotopic (exact) mass is 288 g/mol. The van der Waals surface area contributed by atoms with Crippen LogP contribution >= 0.6 is 0 Å². The molecule has 6 heteroatoms. The zero-order valence-corrected chi connectivity index (χ0v) is 12.1. The summed E-state index contributed by atoms with van der Waals surface area (Å²) in [5.41, 5.74) is 1.98. The Balaban J connectivity index is 1.55. The smallest absolute Gasteiger partial charge is 0.113 e. The van der Waals surface area contributed by atoms with Crippen LogP contribution in [0.2, 0.25) is 0 Å². The number of hydrogen-bond acceptors (Lipinski definition) is 5. The normalized spacial score (nSPS) is 17.6. The Hall–Kier alpha value is -1.76. The van der Waals surface area contributed by atoms with Crippen molar-refractivity contribution in [3.8, 4) is 11.3 Å². The second-order valence-corrected chi connectivity index (χ2v) is 5.43. The minimum Gasteiger partial charge on any atom is -0.389 e. The van der Waals surface area contributed by atoms with Crippen LogP contribution in [0.15, 0.2) is 36.5 Å². The predicted molar refractivity (Wildman–Crippen MR) is 78.8 cm³/mol. The van der Waals surface area contributed by atoms with E-state index in [1.807, 2.05) is 41.2 Å². The van der Waals surface area contributed by atoms with E-state index in [0.29, 0.717) is 19.2 Å². The van der Waals surface area contributed by atoms with E-state index < -0.39 is 6.10 Å². The highest BCUT2D eigenvalue weighted by molar-refractivity contribution is 5.57. The third-order valence-electron chi connectivity index (χ3n) is 3.72. The number of methoxy groups -OCH3 is 1. The van der Waals surface area contributed by atoms with Crippen LogP contribution in [-0.4, -0.2) is 64.5 Å². The topological polar surface area (TPSA) is 63.4 Å². The van der Waals surface area contributed by atoms with Gasteiger partial charge in [-0.1, -0.05) is 35.5 Å². The van der Waals surface area contributed by atoms with Gasteiger partial charge in [-0.3, -0.25) is 4.90 Å². The molecule has 0 spiro atoms. The van der Waals surface area contributed by atoms with Crippen LogP contribution in [0.1, 0.15) is 6.04 Å². The molecule has 112 valence electrons. The molecule has 2 heterocycles. The van der Waals surface area contributed by atoms with Crippen molar-refractivity contribution >= 4 is 0 Å². The van der Waals surface area contributed by atoms with Crippen molar-refractivity contribution in [2.45, 2.75) is 12.1 Å². The van der Waals surface area contributed by atoms with E-state index in [0.717, 1.165) is 24.3 Å². The van der Waals surface area contributed by atoms with E-state index in [4.69, 9.17) is 4.74 Å². The first-order valence-corrected chi connectivity index (χ1v) is 7.13. The van der Waals surface area contributed by atoms with Crippen molar-refractivity contribution in [3.63, 3.8) is 0 Å². The number of β-amino-alcohol motifs (C(OH)–C–C–N with tert-alkyl or cyclic N) is 1. The van der Waals surface area contributed by atoms with Gasteiger partial charge in [-0.2, -0.15) is 0 Å². The second kappa shape index (κ2) is 6.34. The third kappa shape index (κ3) is 3.29. The number of hydrogen-bond donors (Lipinski definition) is 1. The maximum Gasteiger partial charge on any atom is 0.113 e. The molecule has 1 saturated heterocycles. The maximum absolute atomic E-state index is 9.69. The predicted octanol–water partition coefficient (Wildman–Crippen LogP) is 0.809. The zero-order valence-electron chi connectivity index (χ0n) is 12.1. The lowest BCUT2D eigenvalue weighted by atomic mass is 10.1. The molecule has 21 heavy (non-hydrogen) atoms. The van der Waals surface area contributed by atoms with E-state index >= 15 is 0 Å². The molecule has 0 radical (unpaired) electrons. The van der Waals surface area contributed by atoms with Crippen molar-refractivity contribution in [2.75, 3.05) is 33.4 Å². The van der Waals surface area contributed by atoms with E-state index in [1.54, 1.807) is 7.11 Å². The fourth-order valence-electron chi connectivity index (χ4n) is 2.60. The molecule has 1 fully saturated rings. The number of likely N-dealkylation sites (tertiary alicyclic amines) is 1. The van der Waals surface area contributed by atoms with Gasteiger partial charge in [-0.05, 0) is 0 Å². The lowest BCUT2D eigenvalue weighted by Crippen LogP contribution is -2.51. The van der Waals surface area contributed by atoms with Crippen LogP contribution in [0, 0.1) is 0 Å². The highest BCUT2D eigenvalue weighted by Crippen LogP contribution is 2.23. The fraction of sp³-hybridized carbons (Fsp3) is 0.467. The van der Waals surface area contributed by atoms with E-state index in [-0.39, 0.29) is 0 Å². The van der Waals surface area contributed by atoms with Crippen molar-refractivity contribution in [3.05, 3.63) is 36.5 Å². The van der Waals surface area contributed by atoms with Gasteiger partial charge in [-0.15, -0.1) is 5.10 Å². The maximum atomic E-state index is 9.69. The summed E-state index contributed by atoms with van der Waals surface area (Å²) in [5.74, 6) is 0. The van der Waals surface area contributed by atoms with Gasteiger partial charge in [0.05, 0.1) is 24.9 Å². The van der Waals surface area contributed by atoms with Crippen LogP contribution in [0.25, 0.3) is 11.3 Å². The number of aliphatic hydroxyl groups is 1. The number of rotatable bonds is 6. The SMILES string of the molecule is COC[C@H](O)CN1CC(n2cc(-c3ccccc3)nn2)C1. The van der Waals surface area contributed by atoms with Gasteiger partial charge in [0.1, 0.15) is 5.69 Å². The van der Waals surface area contributed by atoms with Crippen LogP contribution in [-0.2, 0) is 4.74 Å². The summed E-state index contributed by atoms with van der Waals surface area (Å²) in [5, 5.41) is 18.1. The average Bonchev–Trinajstić information content (AvgIpc) is 2.93. The molecule has 0 saturated carbocycles. The van der Waals surface area contributed by atoms with E-state index in [2.05, 4.69) is 15.2 Å². The molecular weight excluding hydrogens is 268 g/mol. The summed E-state index contributed by atoms with van der Waals surface area (Å²) in [6, 6.07) is 10.4. The lowest BCUT2D eigenvalue weighted by molar-refractivity contribution is 0.00359. The van der Waals surface area contributed by atoms with Gasteiger partial charge in [0.25, 0.3) is 0 Å². The molecule has 1 aliphatic rings. The standard InChI is InChI=1S/C15H20N4O2/c1-21-11-14(20)9-18-7-13(8-18)19-10-15(16-17-19)12-5-3-2-4-6-12/h2-6,10,13-14,20H,7-9,11H2,1H3/t14-/m1/s1. The summed E-state index contributed by atoms with van der Waals surface area (Å²) in [6.07, 6.45) is 1.56. The minimum atomic E-state index is -0.424. The Kier molecular flexibility index (Phi) is 4.28. The minimum absolute atomic E-state index is 0.338. The number of ether oxygens (including phenoxy) is 1. The molecule has 1 aromatic heterocycles. The van der Waals surface area contributed by atoms with Crippen LogP contribution in [0.5, 0.6) is 0 Å². The van der Waals surface area contributed by atoms with Gasteiger partial charge >= 0.3 is 0 Å². The number of nitrogens with zero attached hydrogens (tertiary/aromatic N) is 4. The molecule has 1 aromatic carbocycles. The Morgan fingerprint density at radius 2 is 2.10 bits per heavy atom. The Morgan fingerprint density at radius 3 is 2.81 bits per heavy atom. The van der Waals surface area contributed by atoms with Crippen molar-refractivity contribution in [1.29, 1.82) is 0 Å². The summed E-state index contributed by atoms with van der Waals surface area (Å²) in [4.78, 5) is 2.19. The first-order chi connectivity index (χ1) is 10.3. The molecule has 0 aliphatic carbocycles. The van der Waals surface area contributed by atoms with Crippen molar-refractivity contribution in [1.82, 2.24) is 19.9 Å². The molecule has 0 amide bonds. The quantitative estimate of drug-likeness (QED) is 0.852. The van der Waals surface area contributed by atoms with Crippen molar-refractivity contribution in [2.24, 2.45) is 0 Å². The van der Waals surface area contributed by atoms with E-state index in [9.17, 15) is 5.11 Å². The van der Waals surface area contributed by atoms with Gasteiger partial charge in [-0.25, -0.2) is 4.68 Å². The van der Waals surface area contributed by atoms with Crippen LogP contribution < -0.4 is 0 Å². The number of aromatic nitrogens is 3. The van der Waals surface area contributed by atoms with Gasteiger partial charge < -0.3 is 9.84 Å². The first-order valence-electron chi connectivity index (χ1n) is 7.13. The molecule has 2 aromatic rings. The van der Waals surface area contributed by atoms with Crippen LogP contribution in [0.4, 0.5) is 0 Å². The summed E-state index contributed by atoms with van der Waals surface area (Å²) in [7, 11) is 1.60. The summed E-state index contributed by atoms with van der Waals surface area (Å²) in [6.45, 7) is 2.80. The second-order valence-electron chi connectivity index (χ2n) is 5.43. The van der Waals surface area contributed by atoms with Gasteiger partial charge in [0.2, 0.25) is 0 Å². The summed E-state index contributed by atoms with van der Waals surface area (Å²) >= 11 is 0. The van der Waals surface area contributed by atoms with Crippen LogP contribution in [0.3, 0.4) is 0 Å². The molecule has 1 aliphatic heterocycles. The Labute approximate surface area is 124 Å². The Morgan fingerprint density at radius 1 is 1.33 bits per heavy atom. The Bertz CT molecular complexity index is 566. The highest BCUT2D eigenvalue weighted by Gasteiger charge is 2.30. The average molecular weight is 288 g/mol. The molecule has 0 unspecified atom stereocenters. The first kappa shape index (κ1) is 14.2. The van der Waals surface area contributed by atoms with E-state index in [1.165, 1.54) is 0 Å².